The van der Waals surface area contributed by atoms with Crippen molar-refractivity contribution in [1.29, 1.82) is 0 Å². The molecular weight excluding hydrogens is 234 g/mol. The summed E-state index contributed by atoms with van der Waals surface area (Å²) in [5.74, 6) is -1.25. The predicted molar refractivity (Wildman–Crippen MR) is 66.0 cm³/mol. The Labute approximate surface area is 107 Å². The maximum atomic E-state index is 12.0. The highest BCUT2D eigenvalue weighted by atomic mass is 16.4. The molecule has 1 amide bonds. The maximum absolute atomic E-state index is 12.0. The summed E-state index contributed by atoms with van der Waals surface area (Å²) in [5.41, 5.74) is 5.61. The Morgan fingerprint density at radius 1 is 1.28 bits per heavy atom. The molecular formula is C12H21N3O3. The van der Waals surface area contributed by atoms with Crippen LogP contribution in [-0.2, 0) is 9.59 Å². The van der Waals surface area contributed by atoms with E-state index in [0.717, 1.165) is 19.5 Å². The zero-order valence-corrected chi connectivity index (χ0v) is 10.5. The predicted octanol–water partition coefficient (Wildman–Crippen LogP) is -0.515. The van der Waals surface area contributed by atoms with Gasteiger partial charge in [-0.2, -0.15) is 0 Å². The molecule has 3 N–H and O–H groups in total. The summed E-state index contributed by atoms with van der Waals surface area (Å²) in [6.45, 7) is 3.64. The number of carboxylic acids is 1. The summed E-state index contributed by atoms with van der Waals surface area (Å²) < 4.78 is 0. The lowest BCUT2D eigenvalue weighted by Crippen LogP contribution is -2.45. The van der Waals surface area contributed by atoms with Crippen molar-refractivity contribution in [3.8, 4) is 0 Å². The smallest absolute Gasteiger partial charge is 0.305 e. The van der Waals surface area contributed by atoms with Crippen LogP contribution in [0.25, 0.3) is 0 Å². The van der Waals surface area contributed by atoms with Crippen molar-refractivity contribution in [2.45, 2.75) is 37.8 Å². The molecule has 0 aliphatic carbocycles. The van der Waals surface area contributed by atoms with Gasteiger partial charge in [-0.3, -0.25) is 14.5 Å². The molecule has 0 aromatic heterocycles. The van der Waals surface area contributed by atoms with Crippen LogP contribution in [0.4, 0.5) is 0 Å². The molecule has 18 heavy (non-hydrogen) atoms. The Morgan fingerprint density at radius 3 is 2.56 bits per heavy atom. The highest BCUT2D eigenvalue weighted by Gasteiger charge is 2.33. The van der Waals surface area contributed by atoms with E-state index in [1.54, 1.807) is 4.90 Å². The number of carbonyl (C=O) groups excluding carboxylic acids is 1. The summed E-state index contributed by atoms with van der Waals surface area (Å²) in [6, 6.07) is -0.465. The molecule has 2 rings (SSSR count). The number of rotatable bonds is 4. The van der Waals surface area contributed by atoms with Crippen molar-refractivity contribution in [2.24, 2.45) is 5.73 Å². The molecule has 2 heterocycles. The quantitative estimate of drug-likeness (QED) is 0.706. The zero-order valence-electron chi connectivity index (χ0n) is 10.5. The molecule has 0 aromatic rings. The van der Waals surface area contributed by atoms with Gasteiger partial charge in [0.1, 0.15) is 0 Å². The second-order valence-corrected chi connectivity index (χ2v) is 5.17. The molecule has 0 radical (unpaired) electrons. The first-order chi connectivity index (χ1) is 8.58. The summed E-state index contributed by atoms with van der Waals surface area (Å²) in [4.78, 5) is 26.6. The lowest BCUT2D eigenvalue weighted by molar-refractivity contribution is -0.141. The number of aliphatic carboxylic acids is 1. The fraction of sp³-hybridized carbons (Fsp3) is 0.833. The number of hydrogen-bond acceptors (Lipinski definition) is 4. The van der Waals surface area contributed by atoms with Crippen LogP contribution < -0.4 is 5.73 Å². The van der Waals surface area contributed by atoms with Crippen LogP contribution in [0.15, 0.2) is 0 Å². The van der Waals surface area contributed by atoms with Gasteiger partial charge in [0.05, 0.1) is 12.5 Å². The second kappa shape index (κ2) is 5.67. The number of carboxylic acid groups (broad SMARTS) is 1. The Balaban J connectivity index is 1.84. The van der Waals surface area contributed by atoms with E-state index in [1.165, 1.54) is 12.8 Å². The van der Waals surface area contributed by atoms with Crippen LogP contribution in [0.2, 0.25) is 0 Å². The average molecular weight is 255 g/mol. The molecule has 2 aliphatic heterocycles. The van der Waals surface area contributed by atoms with Gasteiger partial charge >= 0.3 is 5.97 Å². The Kier molecular flexibility index (Phi) is 4.19. The number of carbonyl (C=O) groups is 2. The van der Waals surface area contributed by atoms with Gasteiger partial charge in [0.15, 0.2) is 0 Å². The van der Waals surface area contributed by atoms with E-state index in [4.69, 9.17) is 10.8 Å². The van der Waals surface area contributed by atoms with Crippen LogP contribution in [0.5, 0.6) is 0 Å². The Bertz CT molecular complexity index is 329. The molecule has 0 aromatic carbocycles. The Hall–Kier alpha value is -1.14. The lowest BCUT2D eigenvalue weighted by Gasteiger charge is -2.24. The van der Waals surface area contributed by atoms with Crippen LogP contribution >= 0.6 is 0 Å². The van der Waals surface area contributed by atoms with Gasteiger partial charge in [0, 0.05) is 19.1 Å². The normalized spacial score (nSPS) is 26.5. The maximum Gasteiger partial charge on any atom is 0.305 e. The van der Waals surface area contributed by atoms with E-state index in [9.17, 15) is 9.59 Å². The third-order valence-electron chi connectivity index (χ3n) is 3.84. The minimum atomic E-state index is -1.02. The molecule has 6 heteroatoms. The van der Waals surface area contributed by atoms with Crippen molar-refractivity contribution >= 4 is 11.9 Å². The number of nitrogens with zero attached hydrogens (tertiary/aromatic N) is 2. The monoisotopic (exact) mass is 255 g/mol. The highest BCUT2D eigenvalue weighted by Crippen LogP contribution is 2.20. The largest absolute Gasteiger partial charge is 0.481 e. The highest BCUT2D eigenvalue weighted by molar-refractivity contribution is 5.86. The number of nitrogens with two attached hydrogens (primary N) is 1. The fourth-order valence-corrected chi connectivity index (χ4v) is 2.86. The summed E-state index contributed by atoms with van der Waals surface area (Å²) in [7, 11) is 0. The molecule has 2 aliphatic rings. The van der Waals surface area contributed by atoms with Crippen LogP contribution in [0.1, 0.15) is 25.7 Å². The second-order valence-electron chi connectivity index (χ2n) is 5.17. The molecule has 6 nitrogen and oxygen atoms in total. The van der Waals surface area contributed by atoms with Gasteiger partial charge in [-0.25, -0.2) is 0 Å². The molecule has 2 unspecified atom stereocenters. The number of likely N-dealkylation sites (tertiary alicyclic amines) is 2. The zero-order chi connectivity index (χ0) is 13.1. The first-order valence-electron chi connectivity index (χ1n) is 6.58. The van der Waals surface area contributed by atoms with E-state index >= 15 is 0 Å². The molecule has 0 saturated carbocycles. The summed E-state index contributed by atoms with van der Waals surface area (Å²) >= 11 is 0. The third kappa shape index (κ3) is 3.00. The van der Waals surface area contributed by atoms with E-state index < -0.39 is 12.0 Å². The fourth-order valence-electron chi connectivity index (χ4n) is 2.86. The third-order valence-corrected chi connectivity index (χ3v) is 3.84. The molecule has 2 fully saturated rings. The van der Waals surface area contributed by atoms with E-state index in [2.05, 4.69) is 4.90 Å². The van der Waals surface area contributed by atoms with Gasteiger partial charge in [-0.15, -0.1) is 0 Å². The van der Waals surface area contributed by atoms with Crippen molar-refractivity contribution in [3.63, 3.8) is 0 Å². The molecule has 0 spiro atoms. The average Bonchev–Trinajstić information content (AvgIpc) is 2.97. The lowest BCUT2D eigenvalue weighted by atomic mass is 10.2. The van der Waals surface area contributed by atoms with Gasteiger partial charge in [0.2, 0.25) is 5.91 Å². The van der Waals surface area contributed by atoms with Crippen molar-refractivity contribution < 1.29 is 14.7 Å². The minimum absolute atomic E-state index is 0.223. The molecule has 0 bridgehead atoms. The van der Waals surface area contributed by atoms with Crippen molar-refractivity contribution in [3.05, 3.63) is 0 Å². The topological polar surface area (TPSA) is 86.9 Å². The van der Waals surface area contributed by atoms with Gasteiger partial charge in [0.25, 0.3) is 0 Å². The van der Waals surface area contributed by atoms with Crippen LogP contribution in [0, 0.1) is 0 Å². The first kappa shape index (κ1) is 13.3. The molecule has 2 atom stereocenters. The number of hydrogen-bond donors (Lipinski definition) is 2. The molecule has 102 valence electrons. The Morgan fingerprint density at radius 2 is 1.94 bits per heavy atom. The first-order valence-corrected chi connectivity index (χ1v) is 6.58. The summed E-state index contributed by atoms with van der Waals surface area (Å²) in [6.07, 6.45) is 3.17. The van der Waals surface area contributed by atoms with Crippen molar-refractivity contribution in [1.82, 2.24) is 9.80 Å². The van der Waals surface area contributed by atoms with Gasteiger partial charge in [-0.1, -0.05) is 0 Å². The standard InChI is InChI=1S/C12H21N3O3/c13-10(7-11(16)17)12(18)15-6-3-9(8-15)14-4-1-2-5-14/h9-10H,1-8,13H2,(H,16,17). The van der Waals surface area contributed by atoms with Gasteiger partial charge in [-0.05, 0) is 32.4 Å². The van der Waals surface area contributed by atoms with E-state index in [1.807, 2.05) is 0 Å². The summed E-state index contributed by atoms with van der Waals surface area (Å²) in [5, 5.41) is 8.64. The van der Waals surface area contributed by atoms with Crippen LogP contribution in [-0.4, -0.2) is 65.0 Å². The van der Waals surface area contributed by atoms with Crippen molar-refractivity contribution in [2.75, 3.05) is 26.2 Å². The van der Waals surface area contributed by atoms with Crippen LogP contribution in [0.3, 0.4) is 0 Å². The minimum Gasteiger partial charge on any atom is -0.481 e. The SMILES string of the molecule is NC(CC(=O)O)C(=O)N1CCC(N2CCCC2)C1. The number of amides is 1. The van der Waals surface area contributed by atoms with E-state index in [-0.39, 0.29) is 12.3 Å². The van der Waals surface area contributed by atoms with Gasteiger partial charge < -0.3 is 15.7 Å². The van der Waals surface area contributed by atoms with E-state index in [0.29, 0.717) is 19.1 Å². The molecule has 2 saturated heterocycles.